The van der Waals surface area contributed by atoms with Crippen LogP contribution in [0.5, 0.6) is 0 Å². The van der Waals surface area contributed by atoms with Crippen LogP contribution in [-0.4, -0.2) is 13.1 Å². The molecule has 0 amide bonds. The van der Waals surface area contributed by atoms with Gasteiger partial charge in [0, 0.05) is 6.42 Å². The van der Waals surface area contributed by atoms with Crippen LogP contribution in [0.3, 0.4) is 0 Å². The second kappa shape index (κ2) is 7.88. The average Bonchev–Trinajstić information content (AvgIpc) is 2.46. The molecule has 0 aromatic heterocycles. The van der Waals surface area contributed by atoms with Crippen LogP contribution in [0, 0.1) is 18.3 Å². The Labute approximate surface area is 88.7 Å². The first-order chi connectivity index (χ1) is 6.93. The van der Waals surface area contributed by atoms with Gasteiger partial charge in [0.25, 0.3) is 0 Å². The molecule has 1 N–H and O–H groups in total. The molecule has 0 unspecified atom stereocenters. The third kappa shape index (κ3) is 5.29. The molecule has 1 heteroatoms. The zero-order valence-corrected chi connectivity index (χ0v) is 9.23. The van der Waals surface area contributed by atoms with Crippen molar-refractivity contribution in [1.29, 1.82) is 0 Å². The summed E-state index contributed by atoms with van der Waals surface area (Å²) < 4.78 is 0. The van der Waals surface area contributed by atoms with Gasteiger partial charge in [-0.1, -0.05) is 25.7 Å². The summed E-state index contributed by atoms with van der Waals surface area (Å²) >= 11 is 0. The molecule has 0 aliphatic heterocycles. The Hall–Kier alpha value is -0.480. The summed E-state index contributed by atoms with van der Waals surface area (Å²) in [5.41, 5.74) is 0. The van der Waals surface area contributed by atoms with Crippen LogP contribution in [0.15, 0.2) is 0 Å². The van der Waals surface area contributed by atoms with Crippen molar-refractivity contribution in [3.8, 4) is 12.3 Å². The van der Waals surface area contributed by atoms with Crippen LogP contribution in [0.4, 0.5) is 0 Å². The Kier molecular flexibility index (Phi) is 6.53. The van der Waals surface area contributed by atoms with Crippen LogP contribution < -0.4 is 5.32 Å². The fourth-order valence-corrected chi connectivity index (χ4v) is 2.19. The highest BCUT2D eigenvalue weighted by atomic mass is 14.8. The molecular weight excluding hydrogens is 170 g/mol. The number of nitrogens with one attached hydrogen (secondary N) is 1. The van der Waals surface area contributed by atoms with Gasteiger partial charge in [-0.25, -0.2) is 0 Å². The van der Waals surface area contributed by atoms with Crippen molar-refractivity contribution in [1.82, 2.24) is 5.32 Å². The number of hydrogen-bond acceptors (Lipinski definition) is 1. The van der Waals surface area contributed by atoms with E-state index in [9.17, 15) is 0 Å². The largest absolute Gasteiger partial charge is 0.316 e. The van der Waals surface area contributed by atoms with E-state index in [0.717, 1.165) is 25.3 Å². The average molecular weight is 193 g/mol. The fourth-order valence-electron chi connectivity index (χ4n) is 2.19. The van der Waals surface area contributed by atoms with Gasteiger partial charge in [0.1, 0.15) is 0 Å². The highest BCUT2D eigenvalue weighted by molar-refractivity contribution is 4.83. The van der Waals surface area contributed by atoms with Crippen LogP contribution in [-0.2, 0) is 0 Å². The quantitative estimate of drug-likeness (QED) is 0.402. The molecule has 1 aliphatic carbocycles. The van der Waals surface area contributed by atoms with Crippen molar-refractivity contribution in [2.24, 2.45) is 5.92 Å². The molecule has 1 fully saturated rings. The summed E-state index contributed by atoms with van der Waals surface area (Å²) in [5, 5.41) is 3.52. The van der Waals surface area contributed by atoms with Crippen molar-refractivity contribution in [2.45, 2.75) is 51.4 Å². The third-order valence-corrected chi connectivity index (χ3v) is 3.08. The zero-order valence-electron chi connectivity index (χ0n) is 9.23. The lowest BCUT2D eigenvalue weighted by Crippen LogP contribution is -2.23. The second-order valence-corrected chi connectivity index (χ2v) is 4.37. The summed E-state index contributed by atoms with van der Waals surface area (Å²) in [6.07, 6.45) is 15.9. The Morgan fingerprint density at radius 3 is 2.50 bits per heavy atom. The molecule has 1 rings (SSSR count). The Balaban J connectivity index is 1.96. The molecule has 0 radical (unpaired) electrons. The minimum atomic E-state index is 0.914. The minimum Gasteiger partial charge on any atom is -0.316 e. The zero-order chi connectivity index (χ0) is 10.1. The molecule has 1 aliphatic rings. The predicted molar refractivity (Wildman–Crippen MR) is 62.1 cm³/mol. The summed E-state index contributed by atoms with van der Waals surface area (Å²) in [6, 6.07) is 0. The van der Waals surface area contributed by atoms with Crippen molar-refractivity contribution < 1.29 is 0 Å². The number of unbranched alkanes of at least 4 members (excludes halogenated alkanes) is 1. The lowest BCUT2D eigenvalue weighted by molar-refractivity contribution is 0.425. The molecule has 0 aromatic carbocycles. The number of hydrogen-bond donors (Lipinski definition) is 1. The number of rotatable bonds is 5. The SMILES string of the molecule is C#CCCCNCC1CCCCCC1. The van der Waals surface area contributed by atoms with Gasteiger partial charge >= 0.3 is 0 Å². The van der Waals surface area contributed by atoms with Gasteiger partial charge in [0.15, 0.2) is 0 Å². The van der Waals surface area contributed by atoms with Crippen molar-refractivity contribution in [3.63, 3.8) is 0 Å². The third-order valence-electron chi connectivity index (χ3n) is 3.08. The lowest BCUT2D eigenvalue weighted by atomic mass is 10.0. The van der Waals surface area contributed by atoms with E-state index in [2.05, 4.69) is 11.2 Å². The van der Waals surface area contributed by atoms with Gasteiger partial charge in [-0.15, -0.1) is 12.3 Å². The Morgan fingerprint density at radius 2 is 1.86 bits per heavy atom. The second-order valence-electron chi connectivity index (χ2n) is 4.37. The topological polar surface area (TPSA) is 12.0 Å². The van der Waals surface area contributed by atoms with Gasteiger partial charge in [0.2, 0.25) is 0 Å². The molecule has 80 valence electrons. The Morgan fingerprint density at radius 1 is 1.14 bits per heavy atom. The fraction of sp³-hybridized carbons (Fsp3) is 0.846. The summed E-state index contributed by atoms with van der Waals surface area (Å²) in [7, 11) is 0. The van der Waals surface area contributed by atoms with E-state index in [1.54, 1.807) is 0 Å². The molecule has 1 nitrogen and oxygen atoms in total. The molecule has 0 saturated heterocycles. The molecule has 14 heavy (non-hydrogen) atoms. The molecule has 1 saturated carbocycles. The highest BCUT2D eigenvalue weighted by Gasteiger charge is 2.10. The van der Waals surface area contributed by atoms with Gasteiger partial charge in [-0.2, -0.15) is 0 Å². The monoisotopic (exact) mass is 193 g/mol. The van der Waals surface area contributed by atoms with E-state index in [1.165, 1.54) is 45.1 Å². The van der Waals surface area contributed by atoms with E-state index in [0.29, 0.717) is 0 Å². The Bertz CT molecular complexity index is 161. The molecular formula is C13H23N. The summed E-state index contributed by atoms with van der Waals surface area (Å²) in [6.45, 7) is 2.31. The first-order valence-corrected chi connectivity index (χ1v) is 6.07. The van der Waals surface area contributed by atoms with Crippen molar-refractivity contribution >= 4 is 0 Å². The maximum Gasteiger partial charge on any atom is 0.00981 e. The first-order valence-electron chi connectivity index (χ1n) is 6.07. The molecule has 0 heterocycles. The van der Waals surface area contributed by atoms with Crippen molar-refractivity contribution in [3.05, 3.63) is 0 Å². The van der Waals surface area contributed by atoms with Gasteiger partial charge in [0.05, 0.1) is 0 Å². The number of terminal acetylenes is 1. The van der Waals surface area contributed by atoms with E-state index >= 15 is 0 Å². The molecule has 0 aromatic rings. The van der Waals surface area contributed by atoms with E-state index in [-0.39, 0.29) is 0 Å². The van der Waals surface area contributed by atoms with Gasteiger partial charge in [-0.05, 0) is 38.3 Å². The first kappa shape index (κ1) is 11.6. The minimum absolute atomic E-state index is 0.914. The normalized spacial score (nSPS) is 18.8. The smallest absolute Gasteiger partial charge is 0.00981 e. The van der Waals surface area contributed by atoms with Gasteiger partial charge < -0.3 is 5.32 Å². The van der Waals surface area contributed by atoms with Crippen LogP contribution in [0.1, 0.15) is 51.4 Å². The van der Waals surface area contributed by atoms with E-state index < -0.39 is 0 Å². The maximum absolute atomic E-state index is 5.20. The van der Waals surface area contributed by atoms with Crippen LogP contribution in [0.25, 0.3) is 0 Å². The molecule has 0 bridgehead atoms. The van der Waals surface area contributed by atoms with Crippen molar-refractivity contribution in [2.75, 3.05) is 13.1 Å². The predicted octanol–water partition coefficient (Wildman–Crippen LogP) is 2.96. The van der Waals surface area contributed by atoms with Crippen LogP contribution >= 0.6 is 0 Å². The molecule has 0 atom stereocenters. The van der Waals surface area contributed by atoms with Gasteiger partial charge in [-0.3, -0.25) is 0 Å². The standard InChI is InChI=1S/C13H23N/c1-2-3-8-11-14-12-13-9-6-4-5-7-10-13/h1,13-14H,3-12H2. The summed E-state index contributed by atoms with van der Waals surface area (Å²) in [4.78, 5) is 0. The molecule has 0 spiro atoms. The lowest BCUT2D eigenvalue weighted by Gasteiger charge is -2.14. The van der Waals surface area contributed by atoms with Crippen LogP contribution in [0.2, 0.25) is 0 Å². The van der Waals surface area contributed by atoms with E-state index in [4.69, 9.17) is 6.42 Å². The van der Waals surface area contributed by atoms with E-state index in [1.807, 2.05) is 0 Å². The summed E-state index contributed by atoms with van der Waals surface area (Å²) in [5.74, 6) is 3.61. The highest BCUT2D eigenvalue weighted by Crippen LogP contribution is 2.21. The maximum atomic E-state index is 5.20.